The van der Waals surface area contributed by atoms with E-state index in [2.05, 4.69) is 15.6 Å². The molecule has 0 radical (unpaired) electrons. The summed E-state index contributed by atoms with van der Waals surface area (Å²) in [6.07, 6.45) is 1.49. The maximum Gasteiger partial charge on any atom is 0.322 e. The molecule has 8 nitrogen and oxygen atoms in total. The van der Waals surface area contributed by atoms with Crippen molar-refractivity contribution in [2.75, 3.05) is 32.1 Å². The van der Waals surface area contributed by atoms with Gasteiger partial charge in [0.2, 0.25) is 5.91 Å². The number of anilines is 1. The van der Waals surface area contributed by atoms with Crippen molar-refractivity contribution in [1.82, 2.24) is 15.6 Å². The number of nitrogens with zero attached hydrogens (tertiary/aromatic N) is 2. The van der Waals surface area contributed by atoms with E-state index in [1.54, 1.807) is 25.1 Å². The molecule has 0 aliphatic rings. The minimum atomic E-state index is -1.14. The molecule has 0 saturated heterocycles. The average molecular weight is 280 g/mol. The van der Waals surface area contributed by atoms with Crippen molar-refractivity contribution in [2.24, 2.45) is 0 Å². The van der Waals surface area contributed by atoms with E-state index in [4.69, 9.17) is 5.11 Å². The van der Waals surface area contributed by atoms with Gasteiger partial charge >= 0.3 is 5.97 Å². The quantitative estimate of drug-likeness (QED) is 0.621. The lowest BCUT2D eigenvalue weighted by molar-refractivity contribution is -0.137. The van der Waals surface area contributed by atoms with Crippen LogP contribution in [0.4, 0.5) is 5.82 Å². The smallest absolute Gasteiger partial charge is 0.322 e. The number of aromatic nitrogens is 1. The molecule has 2 amide bonds. The van der Waals surface area contributed by atoms with Gasteiger partial charge in [-0.2, -0.15) is 0 Å². The van der Waals surface area contributed by atoms with Gasteiger partial charge in [0.15, 0.2) is 0 Å². The monoisotopic (exact) mass is 280 g/mol. The molecule has 1 aromatic rings. The van der Waals surface area contributed by atoms with Crippen molar-refractivity contribution >= 4 is 23.6 Å². The van der Waals surface area contributed by atoms with Crippen LogP contribution in [0, 0.1) is 0 Å². The summed E-state index contributed by atoms with van der Waals surface area (Å²) in [4.78, 5) is 39.1. The van der Waals surface area contributed by atoms with Gasteiger partial charge in [0.05, 0.1) is 6.54 Å². The molecule has 108 valence electrons. The van der Waals surface area contributed by atoms with Crippen molar-refractivity contribution in [3.05, 3.63) is 23.9 Å². The second kappa shape index (κ2) is 7.07. The van der Waals surface area contributed by atoms with Gasteiger partial charge in [0.1, 0.15) is 12.4 Å². The summed E-state index contributed by atoms with van der Waals surface area (Å²) in [6.45, 7) is -0.763. The fourth-order valence-corrected chi connectivity index (χ4v) is 1.30. The van der Waals surface area contributed by atoms with Crippen molar-refractivity contribution < 1.29 is 19.5 Å². The van der Waals surface area contributed by atoms with Crippen LogP contribution < -0.4 is 15.5 Å². The van der Waals surface area contributed by atoms with Crippen LogP contribution in [0.5, 0.6) is 0 Å². The molecule has 0 bridgehead atoms. The van der Waals surface area contributed by atoms with Gasteiger partial charge in [-0.25, -0.2) is 4.98 Å². The Morgan fingerprint density at radius 3 is 2.55 bits per heavy atom. The zero-order valence-corrected chi connectivity index (χ0v) is 11.2. The highest BCUT2D eigenvalue weighted by molar-refractivity contribution is 5.97. The van der Waals surface area contributed by atoms with Crippen molar-refractivity contribution in [3.8, 4) is 0 Å². The summed E-state index contributed by atoms with van der Waals surface area (Å²) in [7, 11) is 3.59. The van der Waals surface area contributed by atoms with Crippen LogP contribution in [-0.4, -0.2) is 55.1 Å². The number of carboxylic acids is 1. The third kappa shape index (κ3) is 4.92. The summed E-state index contributed by atoms with van der Waals surface area (Å²) in [5.74, 6) is -1.52. The average Bonchev–Trinajstić information content (AvgIpc) is 2.42. The predicted octanol–water partition coefficient (Wildman–Crippen LogP) is -0.922. The third-order valence-corrected chi connectivity index (χ3v) is 2.31. The molecule has 0 saturated carbocycles. The van der Waals surface area contributed by atoms with Crippen molar-refractivity contribution in [3.63, 3.8) is 0 Å². The van der Waals surface area contributed by atoms with Gasteiger partial charge in [-0.3, -0.25) is 14.4 Å². The van der Waals surface area contributed by atoms with E-state index in [0.717, 1.165) is 0 Å². The van der Waals surface area contributed by atoms with Gasteiger partial charge in [-0.1, -0.05) is 0 Å². The highest BCUT2D eigenvalue weighted by Crippen LogP contribution is 2.09. The molecular weight excluding hydrogens is 264 g/mol. The number of rotatable bonds is 6. The molecule has 1 aromatic heterocycles. The Balaban J connectivity index is 2.52. The number of aliphatic carboxylic acids is 1. The highest BCUT2D eigenvalue weighted by Gasteiger charge is 2.10. The van der Waals surface area contributed by atoms with Crippen LogP contribution in [0.3, 0.4) is 0 Å². The first-order chi connectivity index (χ1) is 9.40. The fourth-order valence-electron chi connectivity index (χ4n) is 1.30. The molecule has 1 heterocycles. The maximum atomic E-state index is 11.8. The number of carbonyl (C=O) groups excluding carboxylic acids is 2. The Labute approximate surface area is 115 Å². The number of hydrogen-bond donors (Lipinski definition) is 3. The van der Waals surface area contributed by atoms with E-state index in [9.17, 15) is 14.4 Å². The summed E-state index contributed by atoms with van der Waals surface area (Å²) in [5, 5.41) is 12.9. The number of nitrogens with one attached hydrogen (secondary N) is 2. The van der Waals surface area contributed by atoms with Crippen molar-refractivity contribution in [2.45, 2.75) is 0 Å². The van der Waals surface area contributed by atoms with Crippen LogP contribution in [0.1, 0.15) is 10.4 Å². The van der Waals surface area contributed by atoms with Gasteiger partial charge in [-0.05, 0) is 12.1 Å². The second-order valence-electron chi connectivity index (χ2n) is 4.15. The zero-order valence-electron chi connectivity index (χ0n) is 11.2. The van der Waals surface area contributed by atoms with E-state index < -0.39 is 24.3 Å². The Morgan fingerprint density at radius 2 is 1.95 bits per heavy atom. The SMILES string of the molecule is CN(C)c1cc(C(=O)NCC(=O)NCC(=O)O)ccn1. The largest absolute Gasteiger partial charge is 0.480 e. The number of pyridine rings is 1. The van der Waals surface area contributed by atoms with Crippen LogP contribution in [-0.2, 0) is 9.59 Å². The van der Waals surface area contributed by atoms with E-state index in [0.29, 0.717) is 11.4 Å². The summed E-state index contributed by atoms with van der Waals surface area (Å²) in [6, 6.07) is 3.11. The van der Waals surface area contributed by atoms with E-state index >= 15 is 0 Å². The first-order valence-corrected chi connectivity index (χ1v) is 5.80. The minimum Gasteiger partial charge on any atom is -0.480 e. The Hall–Kier alpha value is -2.64. The molecule has 0 unspecified atom stereocenters. The zero-order chi connectivity index (χ0) is 15.1. The summed E-state index contributed by atoms with van der Waals surface area (Å²) < 4.78 is 0. The standard InChI is InChI=1S/C12H16N4O4/c1-16(2)9-5-8(3-4-13-9)12(20)15-6-10(17)14-7-11(18)19/h3-5H,6-7H2,1-2H3,(H,14,17)(H,15,20)(H,18,19). The highest BCUT2D eigenvalue weighted by atomic mass is 16.4. The first-order valence-electron chi connectivity index (χ1n) is 5.80. The van der Waals surface area contributed by atoms with Gasteiger partial charge in [-0.15, -0.1) is 0 Å². The molecule has 0 aliphatic heterocycles. The topological polar surface area (TPSA) is 112 Å². The number of hydrogen-bond acceptors (Lipinski definition) is 5. The lowest BCUT2D eigenvalue weighted by Crippen LogP contribution is -2.39. The van der Waals surface area contributed by atoms with Gasteiger partial charge in [0, 0.05) is 25.9 Å². The van der Waals surface area contributed by atoms with E-state index in [1.165, 1.54) is 12.3 Å². The van der Waals surface area contributed by atoms with Crippen LogP contribution >= 0.6 is 0 Å². The van der Waals surface area contributed by atoms with Gasteiger partial charge in [0.25, 0.3) is 5.91 Å². The number of amides is 2. The molecule has 3 N–H and O–H groups in total. The molecule has 0 aromatic carbocycles. The fraction of sp³-hybridized carbons (Fsp3) is 0.333. The lowest BCUT2D eigenvalue weighted by atomic mass is 10.2. The molecule has 0 fully saturated rings. The molecule has 8 heteroatoms. The molecule has 0 aliphatic carbocycles. The van der Waals surface area contributed by atoms with E-state index in [1.807, 2.05) is 0 Å². The number of carboxylic acid groups (broad SMARTS) is 1. The molecule has 0 atom stereocenters. The molecule has 0 spiro atoms. The normalized spacial score (nSPS) is 9.70. The number of carbonyl (C=O) groups is 3. The van der Waals surface area contributed by atoms with Crippen LogP contribution in [0.15, 0.2) is 18.3 Å². The van der Waals surface area contributed by atoms with Crippen LogP contribution in [0.2, 0.25) is 0 Å². The van der Waals surface area contributed by atoms with E-state index in [-0.39, 0.29) is 6.54 Å². The molecular formula is C12H16N4O4. The predicted molar refractivity (Wildman–Crippen MR) is 71.5 cm³/mol. The Bertz CT molecular complexity index is 516. The second-order valence-corrected chi connectivity index (χ2v) is 4.15. The molecule has 20 heavy (non-hydrogen) atoms. The maximum absolute atomic E-state index is 11.8. The third-order valence-electron chi connectivity index (χ3n) is 2.31. The summed E-state index contributed by atoms with van der Waals surface area (Å²) >= 11 is 0. The molecule has 1 rings (SSSR count). The minimum absolute atomic E-state index is 0.286. The van der Waals surface area contributed by atoms with Gasteiger partial charge < -0.3 is 20.6 Å². The first kappa shape index (κ1) is 15.4. The Kier molecular flexibility index (Phi) is 5.45. The summed E-state index contributed by atoms with van der Waals surface area (Å²) in [5.41, 5.74) is 0.370. The lowest BCUT2D eigenvalue weighted by Gasteiger charge is -2.12. The van der Waals surface area contributed by atoms with Crippen LogP contribution in [0.25, 0.3) is 0 Å². The Morgan fingerprint density at radius 1 is 1.25 bits per heavy atom. The van der Waals surface area contributed by atoms with Crippen molar-refractivity contribution in [1.29, 1.82) is 0 Å².